The van der Waals surface area contributed by atoms with Crippen LogP contribution >= 0.6 is 11.6 Å². The minimum absolute atomic E-state index is 0.00895. The van der Waals surface area contributed by atoms with Crippen molar-refractivity contribution in [2.24, 2.45) is 0 Å². The van der Waals surface area contributed by atoms with E-state index in [0.717, 1.165) is 11.1 Å². The molecule has 3 aromatic rings. The summed E-state index contributed by atoms with van der Waals surface area (Å²) < 4.78 is 55.2. The van der Waals surface area contributed by atoms with Crippen LogP contribution in [-0.4, -0.2) is 10.1 Å². The zero-order valence-corrected chi connectivity index (χ0v) is 13.8. The molecule has 0 aliphatic carbocycles. The largest absolute Gasteiger partial charge is 0.667 e. The van der Waals surface area contributed by atoms with Gasteiger partial charge in [0.2, 0.25) is 5.89 Å². The highest BCUT2D eigenvalue weighted by molar-refractivity contribution is 6.31. The molecule has 0 radical (unpaired) electrons. The monoisotopic (exact) mass is 384 g/mol. The molecule has 26 heavy (non-hydrogen) atoms. The second kappa shape index (κ2) is 7.05. The molecule has 3 rings (SSSR count). The van der Waals surface area contributed by atoms with Gasteiger partial charge in [-0.25, -0.2) is 4.39 Å². The van der Waals surface area contributed by atoms with Crippen molar-refractivity contribution in [2.75, 3.05) is 0 Å². The van der Waals surface area contributed by atoms with Crippen LogP contribution in [0.1, 0.15) is 23.3 Å². The smallest absolute Gasteiger partial charge is 0.455 e. The highest BCUT2D eigenvalue weighted by Gasteiger charge is 2.37. The van der Waals surface area contributed by atoms with Crippen molar-refractivity contribution < 1.29 is 22.1 Å². The third-order valence-electron chi connectivity index (χ3n) is 3.64. The maximum Gasteiger partial charge on any atom is 0.455 e. The summed E-state index contributed by atoms with van der Waals surface area (Å²) in [6, 6.07) is 10.2. The van der Waals surface area contributed by atoms with Gasteiger partial charge < -0.3 is 10.3 Å². The van der Waals surface area contributed by atoms with Crippen LogP contribution < -0.4 is 0 Å². The van der Waals surface area contributed by atoms with Crippen LogP contribution in [0.5, 0.6) is 0 Å². The Kier molecular flexibility index (Phi) is 4.97. The maximum absolute atomic E-state index is 13.2. The number of aromatic nitrogens is 2. The summed E-state index contributed by atoms with van der Waals surface area (Å²) in [4.78, 5) is 3.22. The number of nitrogens with one attached hydrogen (secondary N) is 1. The first-order valence-corrected chi connectivity index (χ1v) is 7.78. The van der Waals surface area contributed by atoms with Gasteiger partial charge >= 0.3 is 6.18 Å². The van der Waals surface area contributed by atoms with Crippen LogP contribution in [0, 0.1) is 5.82 Å². The Morgan fingerprint density at radius 1 is 1.08 bits per heavy atom. The summed E-state index contributed by atoms with van der Waals surface area (Å²) in [6.07, 6.45) is -4.61. The number of hydrogen-bond acceptors (Lipinski definition) is 3. The minimum Gasteiger partial charge on any atom is -0.667 e. The summed E-state index contributed by atoms with van der Waals surface area (Å²) in [7, 11) is 0. The number of alkyl halides is 3. The minimum atomic E-state index is -4.71. The zero-order valence-electron chi connectivity index (χ0n) is 13.0. The molecule has 0 aliphatic heterocycles. The van der Waals surface area contributed by atoms with Crippen molar-refractivity contribution in [3.63, 3.8) is 0 Å². The maximum atomic E-state index is 13.2. The quantitative estimate of drug-likeness (QED) is 0.527. The van der Waals surface area contributed by atoms with Gasteiger partial charge in [0.1, 0.15) is 5.82 Å². The van der Waals surface area contributed by atoms with Crippen LogP contribution in [0.15, 0.2) is 47.0 Å². The van der Waals surface area contributed by atoms with E-state index in [0.29, 0.717) is 5.56 Å². The van der Waals surface area contributed by atoms with Crippen molar-refractivity contribution in [1.82, 2.24) is 10.1 Å². The lowest BCUT2D eigenvalue weighted by molar-refractivity contribution is -0.146. The van der Waals surface area contributed by atoms with E-state index in [1.54, 1.807) is 30.3 Å². The van der Waals surface area contributed by atoms with E-state index >= 15 is 0 Å². The highest BCUT2D eigenvalue weighted by Crippen LogP contribution is 2.29. The number of rotatable bonds is 4. The highest BCUT2D eigenvalue weighted by atomic mass is 35.5. The van der Waals surface area contributed by atoms with Crippen molar-refractivity contribution in [2.45, 2.75) is 18.6 Å². The topological polar surface area (TPSA) is 62.7 Å². The molecule has 136 valence electrons. The van der Waals surface area contributed by atoms with Gasteiger partial charge in [-0.2, -0.15) is 18.2 Å². The molecule has 1 aromatic heterocycles. The van der Waals surface area contributed by atoms with Gasteiger partial charge in [0.05, 0.1) is 5.02 Å². The van der Waals surface area contributed by atoms with E-state index in [1.807, 2.05) is 0 Å². The Labute approximate surface area is 150 Å². The summed E-state index contributed by atoms with van der Waals surface area (Å²) in [5, 5.41) is 2.85. The third-order valence-corrected chi connectivity index (χ3v) is 3.93. The van der Waals surface area contributed by atoms with E-state index in [9.17, 15) is 17.6 Å². The van der Waals surface area contributed by atoms with Gasteiger partial charge in [0.25, 0.3) is 5.82 Å². The Bertz CT molecular complexity index is 909. The van der Waals surface area contributed by atoms with Crippen molar-refractivity contribution in [3.8, 4) is 11.1 Å². The van der Waals surface area contributed by atoms with Crippen molar-refractivity contribution in [3.05, 3.63) is 76.3 Å². The molecule has 0 unspecified atom stereocenters. The van der Waals surface area contributed by atoms with Gasteiger partial charge in [0.15, 0.2) is 0 Å². The molecule has 0 saturated heterocycles. The Hall–Kier alpha value is -2.45. The number of nitrogens with zero attached hydrogens (tertiary/aromatic N) is 2. The van der Waals surface area contributed by atoms with Crippen LogP contribution in [0.3, 0.4) is 0 Å². The van der Waals surface area contributed by atoms with Gasteiger partial charge in [-0.05, 0) is 35.2 Å². The van der Waals surface area contributed by atoms with E-state index in [1.165, 1.54) is 12.1 Å². The SMILES string of the molecule is [NH-][C@H](Cc1ccc(-c2ccc(F)c(Cl)c2)cc1)c1nc(C(F)(F)F)no1. The summed E-state index contributed by atoms with van der Waals surface area (Å²) in [6.45, 7) is 0. The van der Waals surface area contributed by atoms with Crippen molar-refractivity contribution in [1.29, 1.82) is 0 Å². The fraction of sp³-hybridized carbons (Fsp3) is 0.176. The Balaban J connectivity index is 1.72. The molecule has 0 bridgehead atoms. The molecular formula is C17H11ClF4N3O-. The van der Waals surface area contributed by atoms with Gasteiger partial charge in [-0.3, -0.25) is 0 Å². The predicted molar refractivity (Wildman–Crippen MR) is 86.9 cm³/mol. The predicted octanol–water partition coefficient (Wildman–Crippen LogP) is 5.88. The third kappa shape index (κ3) is 4.03. The molecule has 0 spiro atoms. The first-order valence-electron chi connectivity index (χ1n) is 7.40. The number of halogens is 5. The van der Waals surface area contributed by atoms with Gasteiger partial charge in [-0.1, -0.05) is 53.1 Å². The van der Waals surface area contributed by atoms with Gasteiger partial charge in [-0.15, -0.1) is 0 Å². The van der Waals surface area contributed by atoms with Crippen LogP contribution in [0.2, 0.25) is 5.02 Å². The normalized spacial score (nSPS) is 13.0. The van der Waals surface area contributed by atoms with Crippen LogP contribution in [0.25, 0.3) is 16.9 Å². The molecule has 0 aliphatic rings. The molecular weight excluding hydrogens is 374 g/mol. The Morgan fingerprint density at radius 3 is 2.31 bits per heavy atom. The molecule has 1 heterocycles. The summed E-state index contributed by atoms with van der Waals surface area (Å²) >= 11 is 5.76. The first kappa shape index (κ1) is 18.3. The molecule has 1 atom stereocenters. The van der Waals surface area contributed by atoms with Crippen LogP contribution in [0.4, 0.5) is 17.6 Å². The second-order valence-corrected chi connectivity index (χ2v) is 5.94. The second-order valence-electron chi connectivity index (χ2n) is 5.54. The lowest BCUT2D eigenvalue weighted by atomic mass is 10.0. The molecule has 2 aromatic carbocycles. The van der Waals surface area contributed by atoms with Crippen LogP contribution in [-0.2, 0) is 12.6 Å². The molecule has 9 heteroatoms. The lowest BCUT2D eigenvalue weighted by Crippen LogP contribution is -2.08. The van der Waals surface area contributed by atoms with E-state index in [-0.39, 0.29) is 11.4 Å². The standard InChI is InChI=1S/C17H11ClF4N3O/c18-12-8-11(5-6-13(12)19)10-3-1-9(2-4-10)7-14(23)15-24-16(25-26-15)17(20,21)22/h1-6,8,14,23H,7H2/q-1/t14-/m1/s1. The summed E-state index contributed by atoms with van der Waals surface area (Å²) in [5.41, 5.74) is 10.1. The average molecular weight is 385 g/mol. The van der Waals surface area contributed by atoms with E-state index in [4.69, 9.17) is 17.3 Å². The molecule has 4 nitrogen and oxygen atoms in total. The van der Waals surface area contributed by atoms with E-state index < -0.39 is 29.8 Å². The number of hydrogen-bond donors (Lipinski definition) is 0. The van der Waals surface area contributed by atoms with Gasteiger partial charge in [0, 0.05) is 0 Å². The molecule has 0 saturated carbocycles. The van der Waals surface area contributed by atoms with E-state index in [2.05, 4.69) is 14.7 Å². The molecule has 0 amide bonds. The summed E-state index contributed by atoms with van der Waals surface area (Å²) in [5.74, 6) is -2.30. The first-order chi connectivity index (χ1) is 12.2. The fourth-order valence-corrected chi connectivity index (χ4v) is 2.50. The lowest BCUT2D eigenvalue weighted by Gasteiger charge is -2.15. The zero-order chi connectivity index (χ0) is 18.9. The Morgan fingerprint density at radius 2 is 1.73 bits per heavy atom. The molecule has 1 N–H and O–H groups in total. The molecule has 0 fully saturated rings. The van der Waals surface area contributed by atoms with Crippen molar-refractivity contribution >= 4 is 11.6 Å². The number of benzene rings is 2. The fourth-order valence-electron chi connectivity index (χ4n) is 2.32. The average Bonchev–Trinajstić information content (AvgIpc) is 3.09.